The van der Waals surface area contributed by atoms with Crippen molar-refractivity contribution in [1.29, 1.82) is 0 Å². The standard InChI is InChI=1S/C19H34O4/c1-5-8-11-12-13-17(19(21)23-15-10-7-3)16(4)18(20)22-14-9-6-2/h5-15H2,1-4H3/b17-16-. The van der Waals surface area contributed by atoms with Crippen LogP contribution in [0.1, 0.15) is 85.5 Å². The minimum absolute atomic E-state index is 0.361. The van der Waals surface area contributed by atoms with Gasteiger partial charge >= 0.3 is 11.9 Å². The van der Waals surface area contributed by atoms with Gasteiger partial charge in [0.2, 0.25) is 0 Å². The fourth-order valence-corrected chi connectivity index (χ4v) is 2.11. The van der Waals surface area contributed by atoms with Crippen LogP contribution in [0.3, 0.4) is 0 Å². The zero-order valence-electron chi connectivity index (χ0n) is 15.4. The number of rotatable bonds is 13. The van der Waals surface area contributed by atoms with E-state index in [0.717, 1.165) is 51.4 Å². The third-order valence-electron chi connectivity index (χ3n) is 3.75. The third-order valence-corrected chi connectivity index (χ3v) is 3.75. The van der Waals surface area contributed by atoms with E-state index in [2.05, 4.69) is 6.92 Å². The van der Waals surface area contributed by atoms with Crippen molar-refractivity contribution >= 4 is 11.9 Å². The van der Waals surface area contributed by atoms with Crippen LogP contribution in [0.15, 0.2) is 11.1 Å². The molecular weight excluding hydrogens is 292 g/mol. The molecule has 0 aliphatic rings. The van der Waals surface area contributed by atoms with Crippen molar-refractivity contribution in [2.75, 3.05) is 13.2 Å². The topological polar surface area (TPSA) is 52.6 Å². The maximum atomic E-state index is 12.3. The minimum atomic E-state index is -0.392. The lowest BCUT2D eigenvalue weighted by Crippen LogP contribution is -2.16. The van der Waals surface area contributed by atoms with E-state index >= 15 is 0 Å². The molecule has 0 bridgehead atoms. The van der Waals surface area contributed by atoms with Crippen LogP contribution in [0, 0.1) is 0 Å². The van der Waals surface area contributed by atoms with Gasteiger partial charge in [-0.25, -0.2) is 9.59 Å². The number of ether oxygens (including phenoxy) is 2. The summed E-state index contributed by atoms with van der Waals surface area (Å²) >= 11 is 0. The molecule has 0 heterocycles. The predicted molar refractivity (Wildman–Crippen MR) is 93.2 cm³/mol. The van der Waals surface area contributed by atoms with E-state index in [0.29, 0.717) is 30.8 Å². The summed E-state index contributed by atoms with van der Waals surface area (Å²) in [5.41, 5.74) is 0.887. The smallest absolute Gasteiger partial charge is 0.334 e. The molecule has 0 unspecified atom stereocenters. The van der Waals surface area contributed by atoms with Gasteiger partial charge in [0, 0.05) is 11.1 Å². The predicted octanol–water partition coefficient (Wildman–Crippen LogP) is 4.96. The SMILES string of the molecule is CCCCCC/C(C(=O)OCCCC)=C(\C)C(=O)OCCCC. The summed E-state index contributed by atoms with van der Waals surface area (Å²) in [6, 6.07) is 0. The number of hydrogen-bond donors (Lipinski definition) is 0. The Morgan fingerprint density at radius 1 is 0.696 bits per heavy atom. The highest BCUT2D eigenvalue weighted by atomic mass is 16.5. The van der Waals surface area contributed by atoms with Crippen LogP contribution in [-0.4, -0.2) is 25.2 Å². The summed E-state index contributed by atoms with van der Waals surface area (Å²) < 4.78 is 10.5. The van der Waals surface area contributed by atoms with E-state index in [1.165, 1.54) is 0 Å². The van der Waals surface area contributed by atoms with Crippen molar-refractivity contribution in [3.8, 4) is 0 Å². The summed E-state index contributed by atoms with van der Waals surface area (Å²) in [6.45, 7) is 8.72. The van der Waals surface area contributed by atoms with E-state index in [9.17, 15) is 9.59 Å². The summed E-state index contributed by atoms with van der Waals surface area (Å²) in [7, 11) is 0. The van der Waals surface area contributed by atoms with Gasteiger partial charge in [0.05, 0.1) is 13.2 Å². The first-order valence-electron chi connectivity index (χ1n) is 9.12. The van der Waals surface area contributed by atoms with Crippen molar-refractivity contribution < 1.29 is 19.1 Å². The number of hydrogen-bond acceptors (Lipinski definition) is 4. The lowest BCUT2D eigenvalue weighted by Gasteiger charge is -2.12. The molecule has 4 nitrogen and oxygen atoms in total. The highest BCUT2D eigenvalue weighted by Gasteiger charge is 2.19. The minimum Gasteiger partial charge on any atom is -0.462 e. The molecule has 0 aromatic heterocycles. The van der Waals surface area contributed by atoms with E-state index < -0.39 is 5.97 Å². The molecule has 23 heavy (non-hydrogen) atoms. The summed E-state index contributed by atoms with van der Waals surface area (Å²) in [4.78, 5) is 24.4. The average Bonchev–Trinajstić information content (AvgIpc) is 2.54. The Morgan fingerprint density at radius 3 is 1.74 bits per heavy atom. The molecule has 0 radical (unpaired) electrons. The van der Waals surface area contributed by atoms with Gasteiger partial charge in [-0.3, -0.25) is 0 Å². The van der Waals surface area contributed by atoms with Crippen molar-refractivity contribution in [2.24, 2.45) is 0 Å². The van der Waals surface area contributed by atoms with Gasteiger partial charge in [0.15, 0.2) is 0 Å². The van der Waals surface area contributed by atoms with Crippen molar-refractivity contribution in [3.05, 3.63) is 11.1 Å². The second kappa shape index (κ2) is 14.3. The van der Waals surface area contributed by atoms with Crippen molar-refractivity contribution in [2.45, 2.75) is 85.5 Å². The van der Waals surface area contributed by atoms with Gasteiger partial charge in [-0.2, -0.15) is 0 Å². The fraction of sp³-hybridized carbons (Fsp3) is 0.789. The Kier molecular flexibility index (Phi) is 13.5. The van der Waals surface area contributed by atoms with Crippen LogP contribution in [0.4, 0.5) is 0 Å². The zero-order valence-corrected chi connectivity index (χ0v) is 15.4. The van der Waals surface area contributed by atoms with Crippen molar-refractivity contribution in [3.63, 3.8) is 0 Å². The van der Waals surface area contributed by atoms with Gasteiger partial charge in [-0.05, 0) is 32.6 Å². The summed E-state index contributed by atoms with van der Waals surface area (Å²) in [6.07, 6.45) is 8.43. The van der Waals surface area contributed by atoms with Gasteiger partial charge < -0.3 is 9.47 Å². The molecular formula is C19H34O4. The first-order chi connectivity index (χ1) is 11.1. The Morgan fingerprint density at radius 2 is 1.22 bits per heavy atom. The molecule has 0 saturated carbocycles. The average molecular weight is 326 g/mol. The summed E-state index contributed by atoms with van der Waals surface area (Å²) in [5, 5.41) is 0. The largest absolute Gasteiger partial charge is 0.462 e. The van der Waals surface area contributed by atoms with Crippen LogP contribution in [-0.2, 0) is 19.1 Å². The van der Waals surface area contributed by atoms with Gasteiger partial charge in [-0.1, -0.05) is 52.9 Å². The Balaban J connectivity index is 4.79. The Hall–Kier alpha value is -1.32. The molecule has 0 fully saturated rings. The molecule has 0 rings (SSSR count). The third kappa shape index (κ3) is 10.1. The number of esters is 2. The first kappa shape index (κ1) is 21.7. The molecule has 0 saturated heterocycles. The molecule has 0 aliphatic carbocycles. The monoisotopic (exact) mass is 326 g/mol. The highest BCUT2D eigenvalue weighted by Crippen LogP contribution is 2.17. The van der Waals surface area contributed by atoms with E-state index in [-0.39, 0.29) is 5.97 Å². The molecule has 0 N–H and O–H groups in total. The maximum absolute atomic E-state index is 12.3. The molecule has 0 aliphatic heterocycles. The number of carbonyl (C=O) groups is 2. The van der Waals surface area contributed by atoms with E-state index in [1.807, 2.05) is 13.8 Å². The summed E-state index contributed by atoms with van der Waals surface area (Å²) in [5.74, 6) is -0.753. The fourth-order valence-electron chi connectivity index (χ4n) is 2.11. The maximum Gasteiger partial charge on any atom is 0.334 e. The highest BCUT2D eigenvalue weighted by molar-refractivity contribution is 5.99. The number of carbonyl (C=O) groups excluding carboxylic acids is 2. The molecule has 0 aromatic carbocycles. The van der Waals surface area contributed by atoms with E-state index in [1.54, 1.807) is 6.92 Å². The molecule has 4 heteroatoms. The van der Waals surface area contributed by atoms with Crippen LogP contribution >= 0.6 is 0 Å². The van der Waals surface area contributed by atoms with Crippen LogP contribution in [0.2, 0.25) is 0 Å². The van der Waals surface area contributed by atoms with E-state index in [4.69, 9.17) is 9.47 Å². The molecule has 0 spiro atoms. The molecule has 0 atom stereocenters. The molecule has 0 aromatic rings. The number of unbranched alkanes of at least 4 members (excludes halogenated alkanes) is 5. The van der Waals surface area contributed by atoms with Crippen LogP contribution in [0.25, 0.3) is 0 Å². The Labute approximate surface area is 141 Å². The van der Waals surface area contributed by atoms with Crippen LogP contribution < -0.4 is 0 Å². The lowest BCUT2D eigenvalue weighted by atomic mass is 10.0. The first-order valence-corrected chi connectivity index (χ1v) is 9.12. The Bertz CT molecular complexity index is 372. The van der Waals surface area contributed by atoms with Crippen LogP contribution in [0.5, 0.6) is 0 Å². The molecule has 0 amide bonds. The normalized spacial score (nSPS) is 11.8. The zero-order chi connectivity index (χ0) is 17.5. The van der Waals surface area contributed by atoms with Gasteiger partial charge in [0.25, 0.3) is 0 Å². The lowest BCUT2D eigenvalue weighted by molar-refractivity contribution is -0.142. The second-order valence-corrected chi connectivity index (χ2v) is 5.89. The van der Waals surface area contributed by atoms with Gasteiger partial charge in [0.1, 0.15) is 0 Å². The molecule has 134 valence electrons. The van der Waals surface area contributed by atoms with Gasteiger partial charge in [-0.15, -0.1) is 0 Å². The quantitative estimate of drug-likeness (QED) is 0.273. The van der Waals surface area contributed by atoms with Crippen molar-refractivity contribution in [1.82, 2.24) is 0 Å². The second-order valence-electron chi connectivity index (χ2n) is 5.89.